The molecule has 0 unspecified atom stereocenters. The van der Waals surface area contributed by atoms with Gasteiger partial charge in [0.05, 0.1) is 5.69 Å². The summed E-state index contributed by atoms with van der Waals surface area (Å²) in [5.74, 6) is 1.16. The van der Waals surface area contributed by atoms with Crippen LogP contribution in [0.4, 0.5) is 5.69 Å². The summed E-state index contributed by atoms with van der Waals surface area (Å²) in [6, 6.07) is 23.5. The minimum Gasteiger partial charge on any atom is -0.490 e. The van der Waals surface area contributed by atoms with E-state index in [0.29, 0.717) is 35.2 Å². The largest absolute Gasteiger partial charge is 0.490 e. The molecule has 0 aliphatic heterocycles. The van der Waals surface area contributed by atoms with Crippen LogP contribution in [0.25, 0.3) is 0 Å². The van der Waals surface area contributed by atoms with Crippen molar-refractivity contribution in [2.24, 2.45) is 0 Å². The first kappa shape index (κ1) is 17.8. The predicted molar refractivity (Wildman–Crippen MR) is 103 cm³/mol. The molecule has 132 valence electrons. The maximum Gasteiger partial charge on any atom is 0.255 e. The summed E-state index contributed by atoms with van der Waals surface area (Å²) in [5.41, 5.74) is 1.13. The summed E-state index contributed by atoms with van der Waals surface area (Å²) in [4.78, 5) is 12.4. The highest BCUT2D eigenvalue weighted by atomic mass is 35.5. The zero-order chi connectivity index (χ0) is 18.2. The zero-order valence-electron chi connectivity index (χ0n) is 14.0. The molecule has 4 nitrogen and oxygen atoms in total. The third kappa shape index (κ3) is 5.01. The Morgan fingerprint density at radius 3 is 2.23 bits per heavy atom. The van der Waals surface area contributed by atoms with Gasteiger partial charge < -0.3 is 14.8 Å². The lowest BCUT2D eigenvalue weighted by Crippen LogP contribution is -2.14. The smallest absolute Gasteiger partial charge is 0.255 e. The number of hydrogen-bond acceptors (Lipinski definition) is 3. The molecule has 0 saturated carbocycles. The monoisotopic (exact) mass is 367 g/mol. The van der Waals surface area contributed by atoms with Crippen molar-refractivity contribution < 1.29 is 14.3 Å². The molecule has 0 aromatic heterocycles. The van der Waals surface area contributed by atoms with Gasteiger partial charge >= 0.3 is 0 Å². The lowest BCUT2D eigenvalue weighted by atomic mass is 10.2. The quantitative estimate of drug-likeness (QED) is 0.594. The van der Waals surface area contributed by atoms with Crippen molar-refractivity contribution in [3.63, 3.8) is 0 Å². The van der Waals surface area contributed by atoms with Gasteiger partial charge in [-0.1, -0.05) is 41.9 Å². The van der Waals surface area contributed by atoms with Gasteiger partial charge in [-0.3, -0.25) is 4.79 Å². The molecule has 0 radical (unpaired) electrons. The van der Waals surface area contributed by atoms with E-state index in [1.807, 2.05) is 42.5 Å². The third-order valence-corrected chi connectivity index (χ3v) is 3.85. The molecule has 3 aromatic carbocycles. The van der Waals surface area contributed by atoms with Gasteiger partial charge in [0.2, 0.25) is 0 Å². The standard InChI is InChI=1S/C21H18ClNO3/c22-17-12-10-16(11-13-17)21(24)23-19-8-4-5-9-20(19)26-15-14-25-18-6-2-1-3-7-18/h1-13H,14-15H2,(H,23,24). The number of rotatable bonds is 7. The van der Waals surface area contributed by atoms with Gasteiger partial charge in [0.15, 0.2) is 0 Å². The molecule has 0 aliphatic rings. The Hall–Kier alpha value is -2.98. The first-order valence-electron chi connectivity index (χ1n) is 8.19. The highest BCUT2D eigenvalue weighted by molar-refractivity contribution is 6.30. The van der Waals surface area contributed by atoms with E-state index in [1.54, 1.807) is 36.4 Å². The maximum atomic E-state index is 12.4. The van der Waals surface area contributed by atoms with Crippen LogP contribution in [-0.2, 0) is 0 Å². The Morgan fingerprint density at radius 2 is 1.46 bits per heavy atom. The molecule has 0 aliphatic carbocycles. The highest BCUT2D eigenvalue weighted by Gasteiger charge is 2.09. The van der Waals surface area contributed by atoms with Crippen molar-refractivity contribution in [2.75, 3.05) is 18.5 Å². The van der Waals surface area contributed by atoms with Crippen LogP contribution in [0, 0.1) is 0 Å². The summed E-state index contributed by atoms with van der Waals surface area (Å²) < 4.78 is 11.4. The molecule has 0 fully saturated rings. The number of hydrogen-bond donors (Lipinski definition) is 1. The number of carbonyl (C=O) groups is 1. The van der Waals surface area contributed by atoms with Crippen LogP contribution < -0.4 is 14.8 Å². The van der Waals surface area contributed by atoms with E-state index < -0.39 is 0 Å². The lowest BCUT2D eigenvalue weighted by Gasteiger charge is -2.13. The normalized spacial score (nSPS) is 10.2. The van der Waals surface area contributed by atoms with Gasteiger partial charge in [-0.25, -0.2) is 0 Å². The summed E-state index contributed by atoms with van der Waals surface area (Å²) in [6.45, 7) is 0.770. The molecule has 5 heteroatoms. The fourth-order valence-electron chi connectivity index (χ4n) is 2.32. The van der Waals surface area contributed by atoms with E-state index in [4.69, 9.17) is 21.1 Å². The number of halogens is 1. The number of amides is 1. The lowest BCUT2D eigenvalue weighted by molar-refractivity contribution is 0.102. The van der Waals surface area contributed by atoms with E-state index >= 15 is 0 Å². The van der Waals surface area contributed by atoms with Crippen LogP contribution in [-0.4, -0.2) is 19.1 Å². The molecule has 26 heavy (non-hydrogen) atoms. The Labute approximate surface area is 157 Å². The molecule has 0 bridgehead atoms. The minimum atomic E-state index is -0.224. The zero-order valence-corrected chi connectivity index (χ0v) is 14.8. The van der Waals surface area contributed by atoms with Crippen molar-refractivity contribution in [3.05, 3.63) is 89.4 Å². The minimum absolute atomic E-state index is 0.224. The van der Waals surface area contributed by atoms with Crippen molar-refractivity contribution in [2.45, 2.75) is 0 Å². The van der Waals surface area contributed by atoms with Crippen molar-refractivity contribution >= 4 is 23.2 Å². The number of anilines is 1. The van der Waals surface area contributed by atoms with Gasteiger partial charge in [0.25, 0.3) is 5.91 Å². The SMILES string of the molecule is O=C(Nc1ccccc1OCCOc1ccccc1)c1ccc(Cl)cc1. The first-order chi connectivity index (χ1) is 12.7. The molecular weight excluding hydrogens is 350 g/mol. The fourth-order valence-corrected chi connectivity index (χ4v) is 2.45. The highest BCUT2D eigenvalue weighted by Crippen LogP contribution is 2.24. The third-order valence-electron chi connectivity index (χ3n) is 3.59. The molecular formula is C21H18ClNO3. The van der Waals surface area contributed by atoms with Gasteiger partial charge in [-0.15, -0.1) is 0 Å². The summed E-state index contributed by atoms with van der Waals surface area (Å²) in [7, 11) is 0. The Balaban J connectivity index is 1.57. The predicted octanol–water partition coefficient (Wildman–Crippen LogP) is 5.05. The average Bonchev–Trinajstić information content (AvgIpc) is 2.68. The second kappa shape index (κ2) is 8.92. The van der Waals surface area contributed by atoms with E-state index in [-0.39, 0.29) is 5.91 Å². The van der Waals surface area contributed by atoms with E-state index in [1.165, 1.54) is 0 Å². The number of benzene rings is 3. The second-order valence-electron chi connectivity index (χ2n) is 5.47. The molecule has 0 saturated heterocycles. The van der Waals surface area contributed by atoms with Crippen molar-refractivity contribution in [1.29, 1.82) is 0 Å². The van der Waals surface area contributed by atoms with Gasteiger partial charge in [-0.05, 0) is 48.5 Å². The maximum absolute atomic E-state index is 12.4. The van der Waals surface area contributed by atoms with Gasteiger partial charge in [-0.2, -0.15) is 0 Å². The topological polar surface area (TPSA) is 47.6 Å². The van der Waals surface area contributed by atoms with Crippen molar-refractivity contribution in [3.8, 4) is 11.5 Å². The van der Waals surface area contributed by atoms with E-state index in [0.717, 1.165) is 5.75 Å². The molecule has 3 aromatic rings. The Kier molecular flexibility index (Phi) is 6.12. The number of para-hydroxylation sites is 3. The van der Waals surface area contributed by atoms with Crippen LogP contribution in [0.2, 0.25) is 5.02 Å². The van der Waals surface area contributed by atoms with Crippen molar-refractivity contribution in [1.82, 2.24) is 0 Å². The van der Waals surface area contributed by atoms with E-state index in [9.17, 15) is 4.79 Å². The summed E-state index contributed by atoms with van der Waals surface area (Å²) in [6.07, 6.45) is 0. The second-order valence-corrected chi connectivity index (χ2v) is 5.90. The molecule has 0 atom stereocenters. The summed E-state index contributed by atoms with van der Waals surface area (Å²) >= 11 is 5.85. The molecule has 0 spiro atoms. The Bertz CT molecular complexity index is 851. The summed E-state index contributed by atoms with van der Waals surface area (Å²) in [5, 5.41) is 3.44. The van der Waals surface area contributed by atoms with Crippen LogP contribution in [0.5, 0.6) is 11.5 Å². The first-order valence-corrected chi connectivity index (χ1v) is 8.57. The van der Waals surface area contributed by atoms with Gasteiger partial charge in [0.1, 0.15) is 24.7 Å². The van der Waals surface area contributed by atoms with Gasteiger partial charge in [0, 0.05) is 10.6 Å². The van der Waals surface area contributed by atoms with E-state index in [2.05, 4.69) is 5.32 Å². The number of carbonyl (C=O) groups excluding carboxylic acids is 1. The molecule has 1 N–H and O–H groups in total. The van der Waals surface area contributed by atoms with Crippen LogP contribution in [0.15, 0.2) is 78.9 Å². The molecule has 0 heterocycles. The molecule has 1 amide bonds. The Morgan fingerprint density at radius 1 is 0.808 bits per heavy atom. The number of ether oxygens (including phenoxy) is 2. The number of nitrogens with one attached hydrogen (secondary N) is 1. The average molecular weight is 368 g/mol. The molecule has 3 rings (SSSR count). The van der Waals surface area contributed by atoms with Crippen LogP contribution >= 0.6 is 11.6 Å². The van der Waals surface area contributed by atoms with Crippen LogP contribution in [0.1, 0.15) is 10.4 Å². The fraction of sp³-hybridized carbons (Fsp3) is 0.0952. The van der Waals surface area contributed by atoms with Crippen LogP contribution in [0.3, 0.4) is 0 Å².